The number of aromatic nitrogens is 1. The molecule has 1 fully saturated rings. The van der Waals surface area contributed by atoms with E-state index in [1.165, 1.54) is 12.6 Å². The number of nitrogens with one attached hydrogen (secondary N) is 3. The number of nitrogens with zero attached hydrogens (tertiary/aromatic N) is 2. The number of anilines is 1. The minimum absolute atomic E-state index is 0.222. The molecule has 3 heterocycles. The van der Waals surface area contributed by atoms with Crippen LogP contribution >= 0.6 is 0 Å². The average molecular weight is 504 g/mol. The van der Waals surface area contributed by atoms with Crippen LogP contribution in [0, 0.1) is 0 Å². The SMILES string of the molecule is CNC(=O)Nc1ccc2c(c1)C(=O)/C(=C/c1c[nH]c3c(CCCN4CCN(C)CC4)cc(OC)cc13)O2. The van der Waals surface area contributed by atoms with Crippen LogP contribution in [0.15, 0.2) is 42.3 Å². The van der Waals surface area contributed by atoms with Crippen molar-refractivity contribution in [2.45, 2.75) is 12.8 Å². The average Bonchev–Trinajstić information content (AvgIpc) is 3.45. The number of methoxy groups -OCH3 is 1. The number of urea groups is 1. The minimum Gasteiger partial charge on any atom is -0.497 e. The van der Waals surface area contributed by atoms with Gasteiger partial charge in [-0.15, -0.1) is 0 Å². The monoisotopic (exact) mass is 503 g/mol. The summed E-state index contributed by atoms with van der Waals surface area (Å²) in [6.45, 7) is 5.54. The maximum Gasteiger partial charge on any atom is 0.318 e. The molecule has 9 nitrogen and oxygen atoms in total. The zero-order valence-corrected chi connectivity index (χ0v) is 21.5. The molecule has 0 bridgehead atoms. The van der Waals surface area contributed by atoms with Crippen molar-refractivity contribution in [2.24, 2.45) is 0 Å². The third kappa shape index (κ3) is 5.33. The van der Waals surface area contributed by atoms with E-state index in [4.69, 9.17) is 9.47 Å². The van der Waals surface area contributed by atoms with E-state index in [-0.39, 0.29) is 17.6 Å². The second-order valence-electron chi connectivity index (χ2n) is 9.56. The van der Waals surface area contributed by atoms with Crippen LogP contribution in [0.3, 0.4) is 0 Å². The Morgan fingerprint density at radius 1 is 1.19 bits per heavy atom. The van der Waals surface area contributed by atoms with Crippen LogP contribution in [-0.4, -0.2) is 80.5 Å². The van der Waals surface area contributed by atoms with Crippen molar-refractivity contribution in [3.05, 3.63) is 59.0 Å². The van der Waals surface area contributed by atoms with Gasteiger partial charge in [0.15, 0.2) is 5.76 Å². The molecule has 0 aliphatic carbocycles. The zero-order valence-electron chi connectivity index (χ0n) is 21.5. The van der Waals surface area contributed by atoms with Gasteiger partial charge in [0, 0.05) is 61.6 Å². The van der Waals surface area contributed by atoms with Crippen LogP contribution in [0.2, 0.25) is 0 Å². The van der Waals surface area contributed by atoms with E-state index in [9.17, 15) is 9.59 Å². The Bertz CT molecular complexity index is 1350. The van der Waals surface area contributed by atoms with Gasteiger partial charge in [0.25, 0.3) is 0 Å². The Labute approximate surface area is 216 Å². The molecule has 194 valence electrons. The number of ether oxygens (including phenoxy) is 2. The molecule has 37 heavy (non-hydrogen) atoms. The Kier molecular flexibility index (Phi) is 7.16. The number of carbonyl (C=O) groups is 2. The molecule has 0 unspecified atom stereocenters. The molecule has 9 heteroatoms. The fraction of sp³-hybridized carbons (Fsp3) is 0.357. The molecule has 0 spiro atoms. The highest BCUT2D eigenvalue weighted by atomic mass is 16.5. The van der Waals surface area contributed by atoms with Crippen LogP contribution in [0.1, 0.15) is 27.9 Å². The van der Waals surface area contributed by atoms with Gasteiger partial charge in [-0.3, -0.25) is 4.79 Å². The zero-order chi connectivity index (χ0) is 25.9. The highest BCUT2D eigenvalue weighted by Crippen LogP contribution is 2.36. The maximum atomic E-state index is 13.1. The predicted octanol–water partition coefficient (Wildman–Crippen LogP) is 3.72. The Morgan fingerprint density at radius 2 is 2.00 bits per heavy atom. The first-order valence-corrected chi connectivity index (χ1v) is 12.6. The van der Waals surface area contributed by atoms with Gasteiger partial charge in [-0.25, -0.2) is 4.79 Å². The lowest BCUT2D eigenvalue weighted by atomic mass is 10.0. The summed E-state index contributed by atoms with van der Waals surface area (Å²) in [4.78, 5) is 33.0. The van der Waals surface area contributed by atoms with Crippen molar-refractivity contribution in [3.8, 4) is 11.5 Å². The number of hydrogen-bond acceptors (Lipinski definition) is 6. The lowest BCUT2D eigenvalue weighted by Gasteiger charge is -2.32. The molecule has 0 atom stereocenters. The van der Waals surface area contributed by atoms with E-state index in [1.807, 2.05) is 12.3 Å². The number of carbonyl (C=O) groups excluding carboxylic acids is 2. The molecule has 0 saturated carbocycles. The number of hydrogen-bond donors (Lipinski definition) is 3. The molecule has 2 aliphatic rings. The van der Waals surface area contributed by atoms with Crippen molar-refractivity contribution in [3.63, 3.8) is 0 Å². The van der Waals surface area contributed by atoms with E-state index >= 15 is 0 Å². The summed E-state index contributed by atoms with van der Waals surface area (Å²) < 4.78 is 11.5. The number of likely N-dealkylation sites (N-methyl/N-ethyl adjacent to an activating group) is 1. The second-order valence-corrected chi connectivity index (χ2v) is 9.56. The van der Waals surface area contributed by atoms with Crippen molar-refractivity contribution in [1.82, 2.24) is 20.1 Å². The number of rotatable bonds is 7. The summed E-state index contributed by atoms with van der Waals surface area (Å²) in [5.74, 6) is 1.28. The number of amides is 2. The van der Waals surface area contributed by atoms with E-state index in [1.54, 1.807) is 31.4 Å². The summed E-state index contributed by atoms with van der Waals surface area (Å²) in [6.07, 6.45) is 5.66. The molecule has 1 aromatic heterocycles. The van der Waals surface area contributed by atoms with Crippen molar-refractivity contribution in [2.75, 3.05) is 59.2 Å². The summed E-state index contributed by atoms with van der Waals surface area (Å²) in [5, 5.41) is 6.16. The first-order chi connectivity index (χ1) is 17.9. The molecule has 0 radical (unpaired) electrons. The summed E-state index contributed by atoms with van der Waals surface area (Å²) in [7, 11) is 5.38. The molecule has 2 aromatic carbocycles. The highest BCUT2D eigenvalue weighted by molar-refractivity contribution is 6.15. The second kappa shape index (κ2) is 10.7. The minimum atomic E-state index is -0.353. The number of aryl methyl sites for hydroxylation is 1. The molecular weight excluding hydrogens is 470 g/mol. The van der Waals surface area contributed by atoms with E-state index in [0.717, 1.165) is 67.8 Å². The molecule has 5 rings (SSSR count). The standard InChI is InChI=1S/C28H33N5O4/c1-29-28(35)31-20-6-7-24-23(15-20)27(34)25(37-24)14-19-17-30-26-18(13-21(36-3)16-22(19)26)5-4-8-33-11-9-32(2)10-12-33/h6-7,13-17,30H,4-5,8-12H2,1-3H3,(H2,29,31,35)/b25-14-. The van der Waals surface area contributed by atoms with E-state index in [2.05, 4.69) is 38.5 Å². The number of ketones is 1. The molecule has 1 saturated heterocycles. The van der Waals surface area contributed by atoms with Crippen LogP contribution in [0.5, 0.6) is 11.5 Å². The number of piperazine rings is 1. The number of benzene rings is 2. The Balaban J connectivity index is 1.35. The quantitative estimate of drug-likeness (QED) is 0.425. The summed E-state index contributed by atoms with van der Waals surface area (Å²) in [6, 6.07) is 8.75. The molecular formula is C28H33N5O4. The van der Waals surface area contributed by atoms with Crippen molar-refractivity contribution >= 4 is 34.5 Å². The molecule has 2 aliphatic heterocycles. The van der Waals surface area contributed by atoms with Crippen molar-refractivity contribution in [1.29, 1.82) is 0 Å². The number of H-pyrrole nitrogens is 1. The van der Waals surface area contributed by atoms with Gasteiger partial charge in [0.05, 0.1) is 12.7 Å². The van der Waals surface area contributed by atoms with Crippen LogP contribution < -0.4 is 20.1 Å². The van der Waals surface area contributed by atoms with Crippen molar-refractivity contribution < 1.29 is 19.1 Å². The van der Waals surface area contributed by atoms with Crippen LogP contribution in [-0.2, 0) is 6.42 Å². The fourth-order valence-electron chi connectivity index (χ4n) is 4.90. The summed E-state index contributed by atoms with van der Waals surface area (Å²) >= 11 is 0. The van der Waals surface area contributed by atoms with Gasteiger partial charge in [-0.2, -0.15) is 0 Å². The Hall–Kier alpha value is -3.82. The van der Waals surface area contributed by atoms with Gasteiger partial charge in [0.1, 0.15) is 11.5 Å². The van der Waals surface area contributed by atoms with Crippen LogP contribution in [0.25, 0.3) is 17.0 Å². The van der Waals surface area contributed by atoms with Crippen LogP contribution in [0.4, 0.5) is 10.5 Å². The highest BCUT2D eigenvalue weighted by Gasteiger charge is 2.28. The molecule has 3 N–H and O–H groups in total. The first kappa shape index (κ1) is 24.9. The lowest BCUT2D eigenvalue weighted by Crippen LogP contribution is -2.44. The topological polar surface area (TPSA) is 98.9 Å². The van der Waals surface area contributed by atoms with Gasteiger partial charge >= 0.3 is 6.03 Å². The molecule has 3 aromatic rings. The fourth-order valence-corrected chi connectivity index (χ4v) is 4.90. The van der Waals surface area contributed by atoms with Gasteiger partial charge in [-0.05, 0) is 68.4 Å². The number of Topliss-reactive ketones (excluding diaryl/α,β-unsaturated/α-hetero) is 1. The third-order valence-electron chi connectivity index (χ3n) is 7.07. The van der Waals surface area contributed by atoms with E-state index < -0.39 is 0 Å². The van der Waals surface area contributed by atoms with E-state index in [0.29, 0.717) is 17.0 Å². The number of fused-ring (bicyclic) bond motifs is 2. The largest absolute Gasteiger partial charge is 0.497 e. The summed E-state index contributed by atoms with van der Waals surface area (Å²) in [5.41, 5.74) is 4.04. The lowest BCUT2D eigenvalue weighted by molar-refractivity contribution is 0.101. The number of aromatic amines is 1. The smallest absolute Gasteiger partial charge is 0.318 e. The van der Waals surface area contributed by atoms with Gasteiger partial charge in [0.2, 0.25) is 5.78 Å². The van der Waals surface area contributed by atoms with Gasteiger partial charge < -0.3 is 34.9 Å². The predicted molar refractivity (Wildman–Crippen MR) is 145 cm³/mol. The Morgan fingerprint density at radius 3 is 2.76 bits per heavy atom. The number of allylic oxidation sites excluding steroid dienone is 1. The first-order valence-electron chi connectivity index (χ1n) is 12.6. The molecule has 2 amide bonds. The maximum absolute atomic E-state index is 13.1. The third-order valence-corrected chi connectivity index (χ3v) is 7.07. The normalized spacial score (nSPS) is 17.2. The van der Waals surface area contributed by atoms with Gasteiger partial charge in [-0.1, -0.05) is 0 Å².